The van der Waals surface area contributed by atoms with Crippen LogP contribution in [0.15, 0.2) is 29.3 Å². The predicted molar refractivity (Wildman–Crippen MR) is 75.5 cm³/mol. The van der Waals surface area contributed by atoms with Crippen LogP contribution >= 0.6 is 11.6 Å². The third-order valence-electron chi connectivity index (χ3n) is 3.92. The standard InChI is InChI=1S/C14H13ClN4O/c15-14-17-6-9-5-11(12-7-16-8-20-12)19(13(9)18-14)10-3-1-2-4-10/h5-8,10H,1-4H2. The summed E-state index contributed by atoms with van der Waals surface area (Å²) in [6, 6.07) is 2.49. The normalized spacial score (nSPS) is 16.2. The maximum absolute atomic E-state index is 5.96. The number of hydrogen-bond acceptors (Lipinski definition) is 4. The van der Waals surface area contributed by atoms with Crippen LogP contribution < -0.4 is 0 Å². The zero-order valence-corrected chi connectivity index (χ0v) is 11.5. The van der Waals surface area contributed by atoms with Gasteiger partial charge in [0.1, 0.15) is 5.65 Å². The maximum atomic E-state index is 5.96. The SMILES string of the molecule is Clc1ncc2cc(-c3cnco3)n(C3CCCC3)c2n1. The second-order valence-corrected chi connectivity index (χ2v) is 5.46. The first-order valence-corrected chi connectivity index (χ1v) is 7.13. The van der Waals surface area contributed by atoms with E-state index < -0.39 is 0 Å². The number of halogens is 1. The molecule has 0 saturated heterocycles. The fourth-order valence-corrected chi connectivity index (χ4v) is 3.18. The quantitative estimate of drug-likeness (QED) is 0.672. The van der Waals surface area contributed by atoms with E-state index in [1.165, 1.54) is 19.2 Å². The minimum Gasteiger partial charge on any atom is -0.442 e. The molecule has 4 rings (SSSR count). The van der Waals surface area contributed by atoms with Crippen LogP contribution in [0.25, 0.3) is 22.5 Å². The summed E-state index contributed by atoms with van der Waals surface area (Å²) in [6.07, 6.45) is 9.76. The van der Waals surface area contributed by atoms with Gasteiger partial charge in [-0.3, -0.25) is 0 Å². The molecule has 0 spiro atoms. The fourth-order valence-electron chi connectivity index (χ4n) is 3.05. The Morgan fingerprint density at radius 1 is 1.25 bits per heavy atom. The summed E-state index contributed by atoms with van der Waals surface area (Å²) in [5, 5.41) is 1.26. The van der Waals surface area contributed by atoms with E-state index >= 15 is 0 Å². The average Bonchev–Trinajstić information content (AvgIpc) is 3.17. The first-order valence-electron chi connectivity index (χ1n) is 6.75. The van der Waals surface area contributed by atoms with Crippen LogP contribution in [-0.2, 0) is 0 Å². The Balaban J connectivity index is 1.99. The summed E-state index contributed by atoms with van der Waals surface area (Å²) < 4.78 is 7.70. The Morgan fingerprint density at radius 2 is 2.10 bits per heavy atom. The van der Waals surface area contributed by atoms with Gasteiger partial charge in [0, 0.05) is 17.6 Å². The third-order valence-corrected chi connectivity index (χ3v) is 4.10. The molecule has 0 bridgehead atoms. The second kappa shape index (κ2) is 4.59. The Hall–Kier alpha value is -1.88. The summed E-state index contributed by atoms with van der Waals surface area (Å²) in [6.45, 7) is 0. The lowest BCUT2D eigenvalue weighted by atomic mass is 10.2. The molecule has 0 aromatic carbocycles. The Kier molecular flexibility index (Phi) is 2.73. The van der Waals surface area contributed by atoms with Crippen molar-refractivity contribution in [2.75, 3.05) is 0 Å². The number of hydrogen-bond donors (Lipinski definition) is 0. The van der Waals surface area contributed by atoms with Crippen LogP contribution in [-0.4, -0.2) is 19.5 Å². The van der Waals surface area contributed by atoms with Gasteiger partial charge in [0.05, 0.1) is 11.9 Å². The van der Waals surface area contributed by atoms with E-state index in [1.54, 1.807) is 12.4 Å². The summed E-state index contributed by atoms with van der Waals surface area (Å²) in [5.41, 5.74) is 1.88. The van der Waals surface area contributed by atoms with Gasteiger partial charge in [-0.1, -0.05) is 12.8 Å². The van der Waals surface area contributed by atoms with Gasteiger partial charge in [0.2, 0.25) is 5.28 Å². The van der Waals surface area contributed by atoms with Crippen molar-refractivity contribution in [3.8, 4) is 11.5 Å². The predicted octanol–water partition coefficient (Wildman–Crippen LogP) is 3.85. The molecule has 3 aromatic rings. The zero-order valence-electron chi connectivity index (χ0n) is 10.8. The molecule has 1 fully saturated rings. The lowest BCUT2D eigenvalue weighted by Gasteiger charge is -2.15. The molecule has 3 aromatic heterocycles. The summed E-state index contributed by atoms with van der Waals surface area (Å²) in [4.78, 5) is 12.5. The summed E-state index contributed by atoms with van der Waals surface area (Å²) in [5.74, 6) is 0.756. The van der Waals surface area contributed by atoms with Crippen LogP contribution in [0.4, 0.5) is 0 Å². The number of aromatic nitrogens is 4. The first-order chi connectivity index (χ1) is 9.83. The highest BCUT2D eigenvalue weighted by Gasteiger charge is 2.24. The lowest BCUT2D eigenvalue weighted by molar-refractivity contribution is 0.518. The number of nitrogens with zero attached hydrogens (tertiary/aromatic N) is 4. The van der Waals surface area contributed by atoms with E-state index in [1.807, 2.05) is 6.07 Å². The molecule has 1 saturated carbocycles. The minimum atomic E-state index is 0.277. The smallest absolute Gasteiger partial charge is 0.224 e. The van der Waals surface area contributed by atoms with Crippen LogP contribution in [0, 0.1) is 0 Å². The van der Waals surface area contributed by atoms with Crippen molar-refractivity contribution < 1.29 is 4.42 Å². The van der Waals surface area contributed by atoms with Gasteiger partial charge >= 0.3 is 0 Å². The van der Waals surface area contributed by atoms with Crippen LogP contribution in [0.3, 0.4) is 0 Å². The Labute approximate surface area is 120 Å². The lowest BCUT2D eigenvalue weighted by Crippen LogP contribution is -2.07. The van der Waals surface area contributed by atoms with Gasteiger partial charge in [0.15, 0.2) is 12.2 Å². The van der Waals surface area contributed by atoms with Crippen molar-refractivity contribution in [1.82, 2.24) is 19.5 Å². The van der Waals surface area contributed by atoms with Crippen molar-refractivity contribution in [3.05, 3.63) is 30.1 Å². The molecule has 3 heterocycles. The molecular weight excluding hydrogens is 276 g/mol. The highest BCUT2D eigenvalue weighted by Crippen LogP contribution is 2.37. The van der Waals surface area contributed by atoms with E-state index in [9.17, 15) is 0 Å². The van der Waals surface area contributed by atoms with Gasteiger partial charge in [0.25, 0.3) is 0 Å². The largest absolute Gasteiger partial charge is 0.442 e. The molecule has 1 aliphatic carbocycles. The number of fused-ring (bicyclic) bond motifs is 1. The molecule has 5 nitrogen and oxygen atoms in total. The third kappa shape index (κ3) is 1.81. The number of rotatable bonds is 2. The van der Waals surface area contributed by atoms with E-state index in [2.05, 4.69) is 19.5 Å². The van der Waals surface area contributed by atoms with Gasteiger partial charge in [-0.05, 0) is 30.5 Å². The van der Waals surface area contributed by atoms with Crippen molar-refractivity contribution >= 4 is 22.6 Å². The van der Waals surface area contributed by atoms with Crippen molar-refractivity contribution in [2.24, 2.45) is 0 Å². The molecule has 102 valence electrons. The monoisotopic (exact) mass is 288 g/mol. The molecule has 0 N–H and O–H groups in total. The summed E-state index contributed by atoms with van der Waals surface area (Å²) >= 11 is 5.96. The van der Waals surface area contributed by atoms with E-state index in [-0.39, 0.29) is 5.28 Å². The molecule has 1 aliphatic rings. The van der Waals surface area contributed by atoms with Gasteiger partial charge < -0.3 is 8.98 Å². The number of oxazole rings is 1. The molecule has 6 heteroatoms. The van der Waals surface area contributed by atoms with Gasteiger partial charge in [-0.2, -0.15) is 4.98 Å². The Morgan fingerprint density at radius 3 is 2.85 bits per heavy atom. The van der Waals surface area contributed by atoms with Crippen LogP contribution in [0.5, 0.6) is 0 Å². The van der Waals surface area contributed by atoms with Crippen LogP contribution in [0.2, 0.25) is 5.28 Å². The Bertz CT molecular complexity index is 744. The molecule has 20 heavy (non-hydrogen) atoms. The fraction of sp³-hybridized carbons (Fsp3) is 0.357. The van der Waals surface area contributed by atoms with Crippen LogP contribution in [0.1, 0.15) is 31.7 Å². The topological polar surface area (TPSA) is 56.7 Å². The van der Waals surface area contributed by atoms with E-state index in [0.29, 0.717) is 6.04 Å². The van der Waals surface area contributed by atoms with Crippen molar-refractivity contribution in [3.63, 3.8) is 0 Å². The first kappa shape index (κ1) is 11.9. The molecule has 0 atom stereocenters. The highest BCUT2D eigenvalue weighted by atomic mass is 35.5. The molecule has 0 radical (unpaired) electrons. The molecule has 0 amide bonds. The van der Waals surface area contributed by atoms with Crippen molar-refractivity contribution in [1.29, 1.82) is 0 Å². The average molecular weight is 289 g/mol. The van der Waals surface area contributed by atoms with E-state index in [0.717, 1.165) is 35.3 Å². The second-order valence-electron chi connectivity index (χ2n) is 5.12. The van der Waals surface area contributed by atoms with E-state index in [4.69, 9.17) is 16.0 Å². The summed E-state index contributed by atoms with van der Waals surface area (Å²) in [7, 11) is 0. The molecule has 0 unspecified atom stereocenters. The maximum Gasteiger partial charge on any atom is 0.224 e. The van der Waals surface area contributed by atoms with Gasteiger partial charge in [-0.15, -0.1) is 0 Å². The zero-order chi connectivity index (χ0) is 13.5. The molecular formula is C14H13ClN4O. The minimum absolute atomic E-state index is 0.277. The molecule has 0 aliphatic heterocycles. The van der Waals surface area contributed by atoms with Crippen molar-refractivity contribution in [2.45, 2.75) is 31.7 Å². The highest BCUT2D eigenvalue weighted by molar-refractivity contribution is 6.28. The van der Waals surface area contributed by atoms with Gasteiger partial charge in [-0.25, -0.2) is 9.97 Å².